The first-order valence-corrected chi connectivity index (χ1v) is 13.3. The lowest BCUT2D eigenvalue weighted by molar-refractivity contribution is -0.179. The molecule has 34 heavy (non-hydrogen) atoms. The molecule has 1 heterocycles. The van der Waals surface area contributed by atoms with E-state index in [9.17, 15) is 19.8 Å². The zero-order valence-electron chi connectivity index (χ0n) is 20.3. The van der Waals surface area contributed by atoms with Crippen molar-refractivity contribution in [2.45, 2.75) is 70.2 Å². The molecule has 8 atom stereocenters. The van der Waals surface area contributed by atoms with Gasteiger partial charge in [-0.05, 0) is 68.6 Å². The van der Waals surface area contributed by atoms with Crippen LogP contribution in [-0.4, -0.2) is 49.2 Å². The third-order valence-electron chi connectivity index (χ3n) is 9.61. The van der Waals surface area contributed by atoms with Gasteiger partial charge < -0.3 is 10.2 Å². The summed E-state index contributed by atoms with van der Waals surface area (Å²) in [6.07, 6.45) is 9.21. The Labute approximate surface area is 205 Å². The molecule has 7 heteroatoms. The number of thioether (sulfide) groups is 1. The molecule has 182 valence electrons. The van der Waals surface area contributed by atoms with Crippen LogP contribution in [0.25, 0.3) is 0 Å². The molecule has 1 aromatic heterocycles. The summed E-state index contributed by atoms with van der Waals surface area (Å²) >= 11 is 1.26. The molecular weight excluding hydrogens is 448 g/mol. The summed E-state index contributed by atoms with van der Waals surface area (Å²) in [5.41, 5.74) is -0.622. The molecule has 2 N–H and O–H groups in total. The molecule has 0 bridgehead atoms. The van der Waals surface area contributed by atoms with E-state index in [1.54, 1.807) is 18.3 Å². The third kappa shape index (κ3) is 3.30. The highest BCUT2D eigenvalue weighted by Crippen LogP contribution is 2.68. The number of ketones is 2. The number of aliphatic hydroxyl groups is 2. The van der Waals surface area contributed by atoms with Gasteiger partial charge in [0.2, 0.25) is 0 Å². The van der Waals surface area contributed by atoms with Crippen molar-refractivity contribution in [3.63, 3.8) is 0 Å². The van der Waals surface area contributed by atoms with Crippen molar-refractivity contribution in [3.05, 3.63) is 41.8 Å². The summed E-state index contributed by atoms with van der Waals surface area (Å²) in [7, 11) is 0. The number of fused-ring (bicyclic) bond motifs is 5. The fourth-order valence-electron chi connectivity index (χ4n) is 7.99. The molecule has 3 fully saturated rings. The lowest BCUT2D eigenvalue weighted by atomic mass is 9.46. The molecule has 0 saturated heterocycles. The Morgan fingerprint density at radius 2 is 2.09 bits per heavy atom. The Balaban J connectivity index is 1.44. The van der Waals surface area contributed by atoms with Gasteiger partial charge in [0, 0.05) is 28.6 Å². The fraction of sp³-hybridized carbons (Fsp3) is 0.630. The Bertz CT molecular complexity index is 1100. The topological polar surface area (TPSA) is 100 Å². The number of hydrogen-bond acceptors (Lipinski definition) is 7. The predicted molar refractivity (Wildman–Crippen MR) is 130 cm³/mol. The maximum Gasteiger partial charge on any atom is 0.188 e. The van der Waals surface area contributed by atoms with Crippen molar-refractivity contribution in [3.8, 4) is 0 Å². The second-order valence-electron chi connectivity index (χ2n) is 11.3. The SMILES string of the molecule is Cc1ccnc(SCC(=O)[C@@]2(O)[C@H](C)CC3C4CCC5=CC(=O)C=CC5(C)C4[C@@H](O)CC32C)n1. The smallest absolute Gasteiger partial charge is 0.188 e. The van der Waals surface area contributed by atoms with Crippen molar-refractivity contribution in [2.24, 2.45) is 34.5 Å². The van der Waals surface area contributed by atoms with Gasteiger partial charge in [0.25, 0.3) is 0 Å². The predicted octanol–water partition coefficient (Wildman–Crippen LogP) is 3.70. The fourth-order valence-corrected chi connectivity index (χ4v) is 8.81. The summed E-state index contributed by atoms with van der Waals surface area (Å²) in [6.45, 7) is 8.01. The molecule has 5 unspecified atom stereocenters. The van der Waals surface area contributed by atoms with Gasteiger partial charge in [0.15, 0.2) is 16.7 Å². The number of nitrogens with zero attached hydrogens (tertiary/aromatic N) is 2. The molecular formula is C27H34N2O4S. The van der Waals surface area contributed by atoms with Crippen molar-refractivity contribution in [2.75, 3.05) is 5.75 Å². The zero-order chi connectivity index (χ0) is 24.5. The number of aryl methyl sites for hydroxylation is 1. The highest BCUT2D eigenvalue weighted by molar-refractivity contribution is 7.99. The molecule has 1 aromatic rings. The van der Waals surface area contributed by atoms with E-state index in [-0.39, 0.29) is 46.4 Å². The van der Waals surface area contributed by atoms with Gasteiger partial charge in [0.05, 0.1) is 11.9 Å². The van der Waals surface area contributed by atoms with Gasteiger partial charge in [-0.1, -0.05) is 44.2 Å². The minimum absolute atomic E-state index is 0.0188. The van der Waals surface area contributed by atoms with Crippen LogP contribution in [0.1, 0.15) is 52.1 Å². The molecule has 4 aliphatic rings. The van der Waals surface area contributed by atoms with Gasteiger partial charge in [-0.15, -0.1) is 0 Å². The van der Waals surface area contributed by atoms with Crippen molar-refractivity contribution >= 4 is 23.3 Å². The van der Waals surface area contributed by atoms with Crippen LogP contribution in [0.15, 0.2) is 41.2 Å². The normalized spacial score (nSPS) is 43.1. The lowest BCUT2D eigenvalue weighted by Crippen LogP contribution is -2.62. The summed E-state index contributed by atoms with van der Waals surface area (Å²) in [5, 5.41) is 24.1. The van der Waals surface area contributed by atoms with Crippen molar-refractivity contribution < 1.29 is 19.8 Å². The summed E-state index contributed by atoms with van der Waals surface area (Å²) in [4.78, 5) is 34.2. The standard InChI is InChI=1S/C27H34N2O4S/c1-15-11-20-19-6-5-17-12-18(30)7-9-25(17,3)23(19)21(31)13-26(20,4)27(15,33)22(32)14-34-24-28-10-8-16(2)29-24/h7-10,12,15,19-21,23,31,33H,5-6,11,13-14H2,1-4H3/t15-,19?,20?,21+,23?,25?,26?,27+/m1/s1. The molecule has 0 amide bonds. The first kappa shape index (κ1) is 23.9. The number of Topliss-reactive ketones (excluding diaryl/α,β-unsaturated/α-hetero) is 1. The average molecular weight is 483 g/mol. The Morgan fingerprint density at radius 3 is 2.82 bits per heavy atom. The highest BCUT2D eigenvalue weighted by Gasteiger charge is 2.70. The van der Waals surface area contributed by atoms with E-state index in [0.29, 0.717) is 11.6 Å². The second-order valence-corrected chi connectivity index (χ2v) is 12.2. The van der Waals surface area contributed by atoms with Crippen LogP contribution < -0.4 is 0 Å². The minimum atomic E-state index is -1.50. The van der Waals surface area contributed by atoms with Crippen molar-refractivity contribution in [1.29, 1.82) is 0 Å². The van der Waals surface area contributed by atoms with Crippen LogP contribution in [0.5, 0.6) is 0 Å². The van der Waals surface area contributed by atoms with Gasteiger partial charge in [-0.2, -0.15) is 0 Å². The monoisotopic (exact) mass is 482 g/mol. The zero-order valence-corrected chi connectivity index (χ0v) is 21.1. The van der Waals surface area contributed by atoms with Crippen LogP contribution >= 0.6 is 11.8 Å². The maximum absolute atomic E-state index is 13.6. The minimum Gasteiger partial charge on any atom is -0.393 e. The lowest BCUT2D eigenvalue weighted by Gasteiger charge is -2.59. The van der Waals surface area contributed by atoms with E-state index >= 15 is 0 Å². The van der Waals surface area contributed by atoms with Gasteiger partial charge in [0.1, 0.15) is 5.60 Å². The van der Waals surface area contributed by atoms with Gasteiger partial charge in [-0.3, -0.25) is 9.59 Å². The van der Waals surface area contributed by atoms with Crippen LogP contribution in [0.3, 0.4) is 0 Å². The number of hydrogen-bond donors (Lipinski definition) is 2. The van der Waals surface area contributed by atoms with Crippen LogP contribution in [0, 0.1) is 41.4 Å². The molecule has 5 rings (SSSR count). The van der Waals surface area contributed by atoms with Crippen LogP contribution in [0.2, 0.25) is 0 Å². The molecule has 0 radical (unpaired) electrons. The first-order chi connectivity index (χ1) is 16.0. The number of carbonyl (C=O) groups is 2. The Hall–Kier alpha value is -1.83. The first-order valence-electron chi connectivity index (χ1n) is 12.3. The largest absolute Gasteiger partial charge is 0.393 e. The molecule has 3 saturated carbocycles. The van der Waals surface area contributed by atoms with E-state index in [1.165, 1.54) is 11.8 Å². The molecule has 0 spiro atoms. The molecule has 4 aliphatic carbocycles. The number of carbonyl (C=O) groups excluding carboxylic acids is 2. The number of rotatable bonds is 4. The number of aromatic nitrogens is 2. The van der Waals surface area contributed by atoms with E-state index in [1.807, 2.05) is 32.9 Å². The van der Waals surface area contributed by atoms with Crippen molar-refractivity contribution in [1.82, 2.24) is 9.97 Å². The summed E-state index contributed by atoms with van der Waals surface area (Å²) in [6, 6.07) is 1.81. The van der Waals surface area contributed by atoms with E-state index < -0.39 is 17.1 Å². The quantitative estimate of drug-likeness (QED) is 0.498. The van der Waals surface area contributed by atoms with E-state index in [4.69, 9.17) is 0 Å². The molecule has 0 aliphatic heterocycles. The van der Waals surface area contributed by atoms with E-state index in [0.717, 1.165) is 30.5 Å². The second kappa shape index (κ2) is 8.10. The van der Waals surface area contributed by atoms with Crippen LogP contribution in [0.4, 0.5) is 0 Å². The summed E-state index contributed by atoms with van der Waals surface area (Å²) in [5.74, 6) is 0.0249. The third-order valence-corrected chi connectivity index (χ3v) is 10.5. The van der Waals surface area contributed by atoms with E-state index in [2.05, 4.69) is 16.9 Å². The average Bonchev–Trinajstić information content (AvgIpc) is 2.99. The number of allylic oxidation sites excluding steroid dienone is 4. The van der Waals surface area contributed by atoms with Crippen LogP contribution in [-0.2, 0) is 9.59 Å². The number of aliphatic hydroxyl groups excluding tert-OH is 1. The summed E-state index contributed by atoms with van der Waals surface area (Å²) < 4.78 is 0. The van der Waals surface area contributed by atoms with Gasteiger partial charge in [-0.25, -0.2) is 9.97 Å². The molecule has 0 aromatic carbocycles. The Morgan fingerprint density at radius 1 is 1.32 bits per heavy atom. The highest BCUT2D eigenvalue weighted by atomic mass is 32.2. The maximum atomic E-state index is 13.6. The molecule has 6 nitrogen and oxygen atoms in total. The van der Waals surface area contributed by atoms with Gasteiger partial charge >= 0.3 is 0 Å². The Kier molecular flexibility index (Phi) is 5.69.